The van der Waals surface area contributed by atoms with Crippen molar-refractivity contribution in [2.24, 2.45) is 11.5 Å². The molecule has 6 N–H and O–H groups in total. The predicted molar refractivity (Wildman–Crippen MR) is 38.9 cm³/mol. The van der Waals surface area contributed by atoms with Crippen molar-refractivity contribution in [2.75, 3.05) is 19.6 Å². The van der Waals surface area contributed by atoms with Crippen LogP contribution >= 0.6 is 0 Å². The van der Waals surface area contributed by atoms with E-state index in [0.717, 1.165) is 0 Å². The summed E-state index contributed by atoms with van der Waals surface area (Å²) in [6, 6.07) is 0. The summed E-state index contributed by atoms with van der Waals surface area (Å²) in [6.45, 7) is 1.45. The Morgan fingerprint density at radius 1 is 1.30 bits per heavy atom. The Kier molecular flexibility index (Phi) is 6.05. The van der Waals surface area contributed by atoms with Gasteiger partial charge in [-0.05, 0) is 0 Å². The molecule has 5 heteroatoms. The summed E-state index contributed by atoms with van der Waals surface area (Å²) in [4.78, 5) is 10.6. The zero-order chi connectivity index (χ0) is 7.82. The van der Waals surface area contributed by atoms with Gasteiger partial charge in [0, 0.05) is 26.1 Å². The molecular formula is C5H14N4O. The van der Waals surface area contributed by atoms with Crippen LogP contribution in [-0.4, -0.2) is 25.5 Å². The molecule has 5 nitrogen and oxygen atoms in total. The van der Waals surface area contributed by atoms with Gasteiger partial charge < -0.3 is 11.5 Å². The van der Waals surface area contributed by atoms with Crippen molar-refractivity contribution in [3.05, 3.63) is 0 Å². The molecule has 0 heterocycles. The topological polar surface area (TPSA) is 93.2 Å². The molecule has 0 saturated heterocycles. The van der Waals surface area contributed by atoms with E-state index >= 15 is 0 Å². The molecule has 0 aromatic carbocycles. The van der Waals surface area contributed by atoms with Crippen LogP contribution in [-0.2, 0) is 4.79 Å². The van der Waals surface area contributed by atoms with E-state index in [1.165, 1.54) is 0 Å². The van der Waals surface area contributed by atoms with E-state index < -0.39 is 0 Å². The molecule has 0 unspecified atom stereocenters. The average molecular weight is 146 g/mol. The highest BCUT2D eigenvalue weighted by atomic mass is 16.2. The van der Waals surface area contributed by atoms with Crippen molar-refractivity contribution in [1.82, 2.24) is 10.9 Å². The van der Waals surface area contributed by atoms with Crippen LogP contribution in [0.4, 0.5) is 0 Å². The van der Waals surface area contributed by atoms with E-state index in [0.29, 0.717) is 26.1 Å². The number of hydrazine groups is 1. The maximum Gasteiger partial charge on any atom is 0.235 e. The molecule has 0 aliphatic carbocycles. The molecular weight excluding hydrogens is 132 g/mol. The van der Waals surface area contributed by atoms with Gasteiger partial charge in [-0.2, -0.15) is 0 Å². The second-order valence-corrected chi connectivity index (χ2v) is 1.80. The van der Waals surface area contributed by atoms with Crippen molar-refractivity contribution >= 4 is 5.91 Å². The molecule has 0 aliphatic rings. The summed E-state index contributed by atoms with van der Waals surface area (Å²) in [7, 11) is 0. The second kappa shape index (κ2) is 6.47. The lowest BCUT2D eigenvalue weighted by atomic mass is 10.4. The molecule has 0 radical (unpaired) electrons. The van der Waals surface area contributed by atoms with E-state index in [-0.39, 0.29) is 5.91 Å². The third-order valence-corrected chi connectivity index (χ3v) is 0.869. The minimum Gasteiger partial charge on any atom is -0.330 e. The fourth-order valence-corrected chi connectivity index (χ4v) is 0.427. The van der Waals surface area contributed by atoms with Crippen molar-refractivity contribution in [3.63, 3.8) is 0 Å². The van der Waals surface area contributed by atoms with Gasteiger partial charge in [-0.1, -0.05) is 0 Å². The Balaban J connectivity index is 3.05. The van der Waals surface area contributed by atoms with E-state index in [4.69, 9.17) is 11.5 Å². The number of hydrogen-bond acceptors (Lipinski definition) is 4. The normalized spacial score (nSPS) is 9.40. The summed E-state index contributed by atoms with van der Waals surface area (Å²) in [5, 5.41) is 0. The van der Waals surface area contributed by atoms with E-state index in [1.807, 2.05) is 0 Å². The van der Waals surface area contributed by atoms with Crippen LogP contribution in [0.25, 0.3) is 0 Å². The lowest BCUT2D eigenvalue weighted by Gasteiger charge is -2.03. The number of rotatable bonds is 5. The van der Waals surface area contributed by atoms with Gasteiger partial charge in [-0.25, -0.2) is 5.43 Å². The molecule has 0 spiro atoms. The SMILES string of the molecule is NCCNNC(=O)CCN. The van der Waals surface area contributed by atoms with Gasteiger partial charge in [0.15, 0.2) is 0 Å². The summed E-state index contributed by atoms with van der Waals surface area (Å²) in [5.74, 6) is -0.101. The van der Waals surface area contributed by atoms with Crippen LogP contribution in [0.15, 0.2) is 0 Å². The first-order chi connectivity index (χ1) is 4.81. The summed E-state index contributed by atoms with van der Waals surface area (Å²) in [6.07, 6.45) is 0.345. The smallest absolute Gasteiger partial charge is 0.235 e. The van der Waals surface area contributed by atoms with Gasteiger partial charge in [0.1, 0.15) is 0 Å². The average Bonchev–Trinajstić information content (AvgIpc) is 1.89. The van der Waals surface area contributed by atoms with Crippen molar-refractivity contribution in [3.8, 4) is 0 Å². The fourth-order valence-electron chi connectivity index (χ4n) is 0.427. The predicted octanol–water partition coefficient (Wildman–Crippen LogP) is -2.09. The minimum absolute atomic E-state index is 0.101. The van der Waals surface area contributed by atoms with Gasteiger partial charge in [-0.15, -0.1) is 0 Å². The molecule has 0 saturated carbocycles. The molecule has 60 valence electrons. The molecule has 0 rings (SSSR count). The van der Waals surface area contributed by atoms with Crippen LogP contribution < -0.4 is 22.3 Å². The number of carbonyl (C=O) groups excluding carboxylic acids is 1. The van der Waals surface area contributed by atoms with E-state index in [2.05, 4.69) is 10.9 Å². The molecule has 1 amide bonds. The van der Waals surface area contributed by atoms with Crippen molar-refractivity contribution in [1.29, 1.82) is 0 Å². The van der Waals surface area contributed by atoms with Crippen LogP contribution in [0.5, 0.6) is 0 Å². The number of nitrogens with one attached hydrogen (secondary N) is 2. The molecule has 0 aliphatic heterocycles. The summed E-state index contributed by atoms with van der Waals surface area (Å²) in [5.41, 5.74) is 15.3. The van der Waals surface area contributed by atoms with E-state index in [1.54, 1.807) is 0 Å². The molecule has 0 aromatic rings. The molecule has 10 heavy (non-hydrogen) atoms. The van der Waals surface area contributed by atoms with Crippen LogP contribution in [0.2, 0.25) is 0 Å². The lowest BCUT2D eigenvalue weighted by Crippen LogP contribution is -2.40. The van der Waals surface area contributed by atoms with Crippen molar-refractivity contribution in [2.45, 2.75) is 6.42 Å². The number of hydrogen-bond donors (Lipinski definition) is 4. The Hall–Kier alpha value is -0.650. The Bertz CT molecular complexity index is 95.6. The van der Waals surface area contributed by atoms with Crippen molar-refractivity contribution < 1.29 is 4.79 Å². The maximum atomic E-state index is 10.6. The first-order valence-corrected chi connectivity index (χ1v) is 3.23. The standard InChI is InChI=1S/C5H14N4O/c6-2-1-5(10)9-8-4-3-7/h8H,1-4,6-7H2,(H,9,10). The zero-order valence-electron chi connectivity index (χ0n) is 5.89. The van der Waals surface area contributed by atoms with E-state index in [9.17, 15) is 4.79 Å². The van der Waals surface area contributed by atoms with Gasteiger partial charge >= 0.3 is 0 Å². The highest BCUT2D eigenvalue weighted by Crippen LogP contribution is 1.69. The van der Waals surface area contributed by atoms with Crippen LogP contribution in [0.1, 0.15) is 6.42 Å². The molecule has 0 aromatic heterocycles. The van der Waals surface area contributed by atoms with Crippen LogP contribution in [0.3, 0.4) is 0 Å². The minimum atomic E-state index is -0.101. The Labute approximate surface area is 60.1 Å². The van der Waals surface area contributed by atoms with Gasteiger partial charge in [0.25, 0.3) is 0 Å². The highest BCUT2D eigenvalue weighted by Gasteiger charge is 1.94. The Morgan fingerprint density at radius 2 is 2.00 bits per heavy atom. The van der Waals surface area contributed by atoms with Crippen LogP contribution in [0, 0.1) is 0 Å². The molecule has 0 bridgehead atoms. The third-order valence-electron chi connectivity index (χ3n) is 0.869. The van der Waals surface area contributed by atoms with Gasteiger partial charge in [0.2, 0.25) is 5.91 Å². The third kappa shape index (κ3) is 5.49. The maximum absolute atomic E-state index is 10.6. The fraction of sp³-hybridized carbons (Fsp3) is 0.800. The highest BCUT2D eigenvalue weighted by molar-refractivity contribution is 5.75. The second-order valence-electron chi connectivity index (χ2n) is 1.80. The lowest BCUT2D eigenvalue weighted by molar-refractivity contribution is -0.121. The zero-order valence-corrected chi connectivity index (χ0v) is 5.89. The first kappa shape index (κ1) is 9.35. The largest absolute Gasteiger partial charge is 0.330 e. The number of nitrogens with two attached hydrogens (primary N) is 2. The molecule has 0 fully saturated rings. The monoisotopic (exact) mass is 146 g/mol. The number of amides is 1. The number of carbonyl (C=O) groups is 1. The van der Waals surface area contributed by atoms with Gasteiger partial charge in [0.05, 0.1) is 0 Å². The summed E-state index contributed by atoms with van der Waals surface area (Å²) < 4.78 is 0. The Morgan fingerprint density at radius 3 is 2.50 bits per heavy atom. The quantitative estimate of drug-likeness (QED) is 0.264. The van der Waals surface area contributed by atoms with Gasteiger partial charge in [-0.3, -0.25) is 10.2 Å². The summed E-state index contributed by atoms with van der Waals surface area (Å²) >= 11 is 0. The molecule has 0 atom stereocenters. The first-order valence-electron chi connectivity index (χ1n) is 3.23.